The van der Waals surface area contributed by atoms with Crippen molar-refractivity contribution >= 4 is 21.6 Å². The van der Waals surface area contributed by atoms with Gasteiger partial charge in [-0.3, -0.25) is 14.9 Å². The highest BCUT2D eigenvalue weighted by Crippen LogP contribution is 2.35. The Balaban J connectivity index is 3.77. The second kappa shape index (κ2) is 7.58. The van der Waals surface area contributed by atoms with Crippen LogP contribution in [0.5, 0.6) is 5.75 Å². The van der Waals surface area contributed by atoms with Gasteiger partial charge in [-0.1, -0.05) is 13.8 Å². The first kappa shape index (κ1) is 19.8. The minimum absolute atomic E-state index is 0.178. The summed E-state index contributed by atoms with van der Waals surface area (Å²) < 4.78 is 31.4. The van der Waals surface area contributed by atoms with Gasteiger partial charge >= 0.3 is 5.69 Å². The molecule has 10 heteroatoms. The number of benzene rings is 1. The number of carbonyl (C=O) groups is 1. The van der Waals surface area contributed by atoms with E-state index in [0.29, 0.717) is 0 Å². The largest absolute Gasteiger partial charge is 0.490 e. The van der Waals surface area contributed by atoms with Crippen LogP contribution in [0.3, 0.4) is 0 Å². The molecule has 24 heavy (non-hydrogen) atoms. The zero-order chi connectivity index (χ0) is 18.7. The summed E-state index contributed by atoms with van der Waals surface area (Å²) in [6.07, 6.45) is 0. The van der Waals surface area contributed by atoms with Gasteiger partial charge in [0.25, 0.3) is 5.91 Å². The predicted octanol–water partition coefficient (Wildman–Crippen LogP) is 1.34. The Labute approximate surface area is 141 Å². The van der Waals surface area contributed by atoms with Gasteiger partial charge in [-0.05, 0) is 6.07 Å². The number of amides is 1. The van der Waals surface area contributed by atoms with Gasteiger partial charge in [0, 0.05) is 33.3 Å². The highest BCUT2D eigenvalue weighted by Gasteiger charge is 2.31. The number of sulfonamides is 1. The van der Waals surface area contributed by atoms with Crippen LogP contribution in [-0.2, 0) is 10.0 Å². The van der Waals surface area contributed by atoms with E-state index in [2.05, 4.69) is 0 Å². The molecule has 134 valence electrons. The Morgan fingerprint density at radius 3 is 2.17 bits per heavy atom. The van der Waals surface area contributed by atoms with E-state index in [1.54, 1.807) is 13.8 Å². The third kappa shape index (κ3) is 3.65. The van der Waals surface area contributed by atoms with Crippen molar-refractivity contribution in [1.82, 2.24) is 9.21 Å². The molecule has 1 aromatic carbocycles. The molecule has 0 aliphatic heterocycles. The van der Waals surface area contributed by atoms with Gasteiger partial charge in [0.1, 0.15) is 0 Å². The van der Waals surface area contributed by atoms with Crippen molar-refractivity contribution in [1.29, 1.82) is 0 Å². The highest BCUT2D eigenvalue weighted by molar-refractivity contribution is 7.89. The summed E-state index contributed by atoms with van der Waals surface area (Å²) in [5, 5.41) is 11.3. The standard InChI is InChI=1S/C14H21N3O6S/c1-6-16(7-2)24(21,22)10-8-11(14(18)15(3)4)13(23-5)12(9-10)17(19)20/h8-9H,6-7H2,1-5H3. The molecule has 1 amide bonds. The van der Waals surface area contributed by atoms with Crippen molar-refractivity contribution in [2.24, 2.45) is 0 Å². The van der Waals surface area contributed by atoms with Crippen molar-refractivity contribution in [2.45, 2.75) is 18.7 Å². The first-order valence-corrected chi connectivity index (χ1v) is 8.63. The number of rotatable bonds is 7. The molecule has 0 aromatic heterocycles. The molecule has 0 saturated carbocycles. The number of nitrogens with zero attached hydrogens (tertiary/aromatic N) is 3. The van der Waals surface area contributed by atoms with E-state index in [0.717, 1.165) is 16.4 Å². The summed E-state index contributed by atoms with van der Waals surface area (Å²) in [5.74, 6) is -0.858. The molecular formula is C14H21N3O6S. The second-order valence-corrected chi connectivity index (χ2v) is 7.01. The Morgan fingerprint density at radius 2 is 1.79 bits per heavy atom. The normalized spacial score (nSPS) is 11.4. The van der Waals surface area contributed by atoms with E-state index in [-0.39, 0.29) is 29.3 Å². The summed E-state index contributed by atoms with van der Waals surface area (Å²) in [6, 6.07) is 2.03. The molecule has 1 rings (SSSR count). The second-order valence-electron chi connectivity index (χ2n) is 5.07. The minimum Gasteiger partial charge on any atom is -0.490 e. The zero-order valence-corrected chi connectivity index (χ0v) is 15.1. The quantitative estimate of drug-likeness (QED) is 0.536. The molecule has 1 aromatic rings. The van der Waals surface area contributed by atoms with Crippen molar-refractivity contribution < 1.29 is 22.9 Å². The van der Waals surface area contributed by atoms with Crippen molar-refractivity contribution in [2.75, 3.05) is 34.3 Å². The van der Waals surface area contributed by atoms with E-state index in [4.69, 9.17) is 4.74 Å². The molecule has 9 nitrogen and oxygen atoms in total. The predicted molar refractivity (Wildman–Crippen MR) is 87.8 cm³/mol. The summed E-state index contributed by atoms with van der Waals surface area (Å²) in [4.78, 5) is 23.7. The molecule has 0 saturated heterocycles. The van der Waals surface area contributed by atoms with E-state index in [1.807, 2.05) is 0 Å². The lowest BCUT2D eigenvalue weighted by molar-refractivity contribution is -0.386. The van der Waals surface area contributed by atoms with Crippen molar-refractivity contribution in [3.8, 4) is 5.75 Å². The summed E-state index contributed by atoms with van der Waals surface area (Å²) in [6.45, 7) is 3.72. The topological polar surface area (TPSA) is 110 Å². The number of hydrogen-bond donors (Lipinski definition) is 0. The molecule has 0 spiro atoms. The maximum absolute atomic E-state index is 12.7. The molecule has 0 radical (unpaired) electrons. The SMILES string of the molecule is CCN(CC)S(=O)(=O)c1cc(C(=O)N(C)C)c(OC)c([N+](=O)[O-])c1. The first-order valence-electron chi connectivity index (χ1n) is 7.19. The van der Waals surface area contributed by atoms with Gasteiger partial charge < -0.3 is 9.64 Å². The highest BCUT2D eigenvalue weighted by atomic mass is 32.2. The van der Waals surface area contributed by atoms with Crippen LogP contribution >= 0.6 is 0 Å². The lowest BCUT2D eigenvalue weighted by Gasteiger charge is -2.20. The van der Waals surface area contributed by atoms with Gasteiger partial charge in [0.2, 0.25) is 15.8 Å². The first-order chi connectivity index (χ1) is 11.1. The van der Waals surface area contributed by atoms with E-state index >= 15 is 0 Å². The van der Waals surface area contributed by atoms with Gasteiger partial charge in [-0.2, -0.15) is 4.31 Å². The number of carbonyl (C=O) groups excluding carboxylic acids is 1. The van der Waals surface area contributed by atoms with Crippen molar-refractivity contribution in [3.05, 3.63) is 27.8 Å². The van der Waals surface area contributed by atoms with Gasteiger partial charge in [0.15, 0.2) is 0 Å². The van der Waals surface area contributed by atoms with Crippen LogP contribution in [0.15, 0.2) is 17.0 Å². The Hall–Kier alpha value is -2.20. The average molecular weight is 359 g/mol. The van der Waals surface area contributed by atoms with Crippen LogP contribution in [0.2, 0.25) is 0 Å². The number of ether oxygens (including phenoxy) is 1. The number of methoxy groups -OCH3 is 1. The van der Waals surface area contributed by atoms with Crippen LogP contribution in [0.4, 0.5) is 5.69 Å². The fourth-order valence-corrected chi connectivity index (χ4v) is 3.70. The van der Waals surface area contributed by atoms with E-state index < -0.39 is 26.5 Å². The molecule has 0 atom stereocenters. The van der Waals surface area contributed by atoms with E-state index in [9.17, 15) is 23.3 Å². The lowest BCUT2D eigenvalue weighted by atomic mass is 10.1. The number of nitro benzene ring substituents is 1. The summed E-state index contributed by atoms with van der Waals surface area (Å²) in [7, 11) is 0.142. The lowest BCUT2D eigenvalue weighted by Crippen LogP contribution is -2.31. The van der Waals surface area contributed by atoms with Crippen LogP contribution in [0.1, 0.15) is 24.2 Å². The summed E-state index contributed by atoms with van der Waals surface area (Å²) in [5.41, 5.74) is -0.752. The third-order valence-electron chi connectivity index (χ3n) is 3.42. The maximum Gasteiger partial charge on any atom is 0.313 e. The van der Waals surface area contributed by atoms with Crippen LogP contribution in [0, 0.1) is 10.1 Å². The molecule has 0 aliphatic rings. The molecule has 0 bridgehead atoms. The number of nitro groups is 1. The fourth-order valence-electron chi connectivity index (χ4n) is 2.20. The van der Waals surface area contributed by atoms with Gasteiger partial charge in [-0.15, -0.1) is 0 Å². The smallest absolute Gasteiger partial charge is 0.313 e. The van der Waals surface area contributed by atoms with Gasteiger partial charge in [0.05, 0.1) is 22.5 Å². The molecule has 0 N–H and O–H groups in total. The molecule has 0 heterocycles. The third-order valence-corrected chi connectivity index (χ3v) is 5.45. The number of hydrogen-bond acceptors (Lipinski definition) is 6. The summed E-state index contributed by atoms with van der Waals surface area (Å²) >= 11 is 0. The Bertz CT molecular complexity index is 741. The minimum atomic E-state index is -3.96. The average Bonchev–Trinajstić information content (AvgIpc) is 2.53. The molecule has 0 fully saturated rings. The van der Waals surface area contributed by atoms with Crippen LogP contribution < -0.4 is 4.74 Å². The van der Waals surface area contributed by atoms with Gasteiger partial charge in [-0.25, -0.2) is 8.42 Å². The Morgan fingerprint density at radius 1 is 1.25 bits per heavy atom. The van der Waals surface area contributed by atoms with Crippen LogP contribution in [0.25, 0.3) is 0 Å². The zero-order valence-electron chi connectivity index (χ0n) is 14.3. The van der Waals surface area contributed by atoms with Crippen LogP contribution in [-0.4, -0.2) is 62.7 Å². The molecule has 0 unspecified atom stereocenters. The van der Waals surface area contributed by atoms with Crippen molar-refractivity contribution in [3.63, 3.8) is 0 Å². The maximum atomic E-state index is 12.7. The molecule has 0 aliphatic carbocycles. The molecular weight excluding hydrogens is 338 g/mol. The monoisotopic (exact) mass is 359 g/mol. The Kier molecular flexibility index (Phi) is 6.27. The fraction of sp³-hybridized carbons (Fsp3) is 0.500. The van der Waals surface area contributed by atoms with E-state index in [1.165, 1.54) is 26.1 Å².